The Morgan fingerprint density at radius 2 is 1.59 bits per heavy atom. The van der Waals surface area contributed by atoms with Gasteiger partial charge in [0.2, 0.25) is 5.91 Å². The van der Waals surface area contributed by atoms with Crippen LogP contribution in [0.4, 0.5) is 0 Å². The number of hydrogen-bond donors (Lipinski definition) is 1. The average molecular weight is 460 g/mol. The van der Waals surface area contributed by atoms with E-state index in [4.69, 9.17) is 4.74 Å². The van der Waals surface area contributed by atoms with Crippen LogP contribution in [0.3, 0.4) is 0 Å². The van der Waals surface area contributed by atoms with Gasteiger partial charge in [-0.3, -0.25) is 4.79 Å². The van der Waals surface area contributed by atoms with Crippen molar-refractivity contribution < 1.29 is 14.0 Å². The molecule has 0 aromatic heterocycles. The minimum absolute atomic E-state index is 0.104. The van der Waals surface area contributed by atoms with E-state index in [0.717, 1.165) is 48.6 Å². The molecule has 0 spiro atoms. The van der Waals surface area contributed by atoms with Gasteiger partial charge >= 0.3 is 0 Å². The number of amides is 1. The van der Waals surface area contributed by atoms with Gasteiger partial charge in [-0.15, -0.1) is 0 Å². The molecule has 4 heteroatoms. The van der Waals surface area contributed by atoms with Crippen LogP contribution in [0.15, 0.2) is 60.2 Å². The van der Waals surface area contributed by atoms with Gasteiger partial charge in [-0.05, 0) is 50.3 Å². The minimum Gasteiger partial charge on any atom is -0.457 e. The number of piperidine rings is 1. The number of nitrogens with zero attached hydrogens (tertiary/aromatic N) is 1. The topological polar surface area (TPSA) is 38.3 Å². The monoisotopic (exact) mass is 459 g/mol. The highest BCUT2D eigenvalue weighted by atomic mass is 16.5. The summed E-state index contributed by atoms with van der Waals surface area (Å²) in [6, 6.07) is 16.2. The summed E-state index contributed by atoms with van der Waals surface area (Å²) < 4.78 is 7.27. The highest BCUT2D eigenvalue weighted by Gasteiger charge is 2.37. The Kier molecular flexibility index (Phi) is 7.05. The smallest absolute Gasteiger partial charge is 0.232 e. The summed E-state index contributed by atoms with van der Waals surface area (Å²) in [5.41, 5.74) is 3.60. The van der Waals surface area contributed by atoms with E-state index >= 15 is 0 Å². The van der Waals surface area contributed by atoms with Gasteiger partial charge in [0.05, 0.1) is 25.6 Å². The molecule has 0 saturated carbocycles. The lowest BCUT2D eigenvalue weighted by Gasteiger charge is -2.44. The van der Waals surface area contributed by atoms with E-state index in [-0.39, 0.29) is 17.9 Å². The maximum absolute atomic E-state index is 13.6. The van der Waals surface area contributed by atoms with Gasteiger partial charge in [0.15, 0.2) is 0 Å². The van der Waals surface area contributed by atoms with Gasteiger partial charge < -0.3 is 14.5 Å². The van der Waals surface area contributed by atoms with E-state index in [1.165, 1.54) is 56.1 Å². The zero-order valence-corrected chi connectivity index (χ0v) is 20.6. The van der Waals surface area contributed by atoms with Crippen LogP contribution < -0.4 is 10.1 Å². The van der Waals surface area contributed by atoms with Crippen LogP contribution >= 0.6 is 0 Å². The Morgan fingerprint density at radius 1 is 0.941 bits per heavy atom. The summed E-state index contributed by atoms with van der Waals surface area (Å²) in [4.78, 5) is 13.6. The highest BCUT2D eigenvalue weighted by molar-refractivity contribution is 5.89. The predicted octanol–water partition coefficient (Wildman–Crippen LogP) is 6.32. The molecule has 1 saturated heterocycles. The van der Waals surface area contributed by atoms with Crippen molar-refractivity contribution in [1.29, 1.82) is 0 Å². The molecule has 1 fully saturated rings. The van der Waals surface area contributed by atoms with Crippen molar-refractivity contribution >= 4 is 5.91 Å². The van der Waals surface area contributed by atoms with Crippen molar-refractivity contribution in [3.05, 3.63) is 71.3 Å². The molecule has 34 heavy (non-hydrogen) atoms. The standard InChI is InChI=1S/C30H38N2O2/c1-2-32(22-23-12-6-4-3-5-7-13-23)20-18-24(19-21-32)31-30(33)29-25-14-8-10-16-27(25)34-28-17-11-9-15-26(28)29/h8-12,14-17,24,29H,2-7,13,18-22H2,1H3/p+1. The number of fused-ring (bicyclic) bond motifs is 2. The molecular formula is C30H39N2O2+. The van der Waals surface area contributed by atoms with E-state index in [2.05, 4.69) is 18.3 Å². The van der Waals surface area contributed by atoms with E-state index in [1.807, 2.05) is 48.5 Å². The zero-order valence-electron chi connectivity index (χ0n) is 20.6. The predicted molar refractivity (Wildman–Crippen MR) is 137 cm³/mol. The maximum Gasteiger partial charge on any atom is 0.232 e. The van der Waals surface area contributed by atoms with E-state index in [1.54, 1.807) is 5.57 Å². The number of carbonyl (C=O) groups is 1. The summed E-state index contributed by atoms with van der Waals surface area (Å²) in [5, 5.41) is 3.44. The largest absolute Gasteiger partial charge is 0.457 e. The molecule has 2 aromatic rings. The fraction of sp³-hybridized carbons (Fsp3) is 0.500. The third kappa shape index (κ3) is 4.93. The molecule has 2 aliphatic heterocycles. The lowest BCUT2D eigenvalue weighted by molar-refractivity contribution is -0.927. The van der Waals surface area contributed by atoms with E-state index in [9.17, 15) is 4.79 Å². The fourth-order valence-corrected chi connectivity index (χ4v) is 6.16. The number of hydrogen-bond acceptors (Lipinski definition) is 2. The molecule has 0 radical (unpaired) electrons. The first-order valence-electron chi connectivity index (χ1n) is 13.4. The Labute approximate surface area is 204 Å². The van der Waals surface area contributed by atoms with Crippen molar-refractivity contribution in [3.63, 3.8) is 0 Å². The van der Waals surface area contributed by atoms with Crippen molar-refractivity contribution in [1.82, 2.24) is 5.32 Å². The Balaban J connectivity index is 1.26. The molecule has 180 valence electrons. The Morgan fingerprint density at radius 3 is 2.26 bits per heavy atom. The van der Waals surface area contributed by atoms with Crippen molar-refractivity contribution in [2.75, 3.05) is 26.2 Å². The molecule has 1 aliphatic carbocycles. The van der Waals surface area contributed by atoms with Gasteiger partial charge in [0.25, 0.3) is 0 Å². The minimum atomic E-state index is -0.312. The molecule has 5 rings (SSSR count). The lowest BCUT2D eigenvalue weighted by Crippen LogP contribution is -2.57. The number of ether oxygens (including phenoxy) is 1. The number of likely N-dealkylation sites (tertiary alicyclic amines) is 1. The van der Waals surface area contributed by atoms with Gasteiger partial charge in [0, 0.05) is 30.0 Å². The van der Waals surface area contributed by atoms with Crippen molar-refractivity contribution in [3.8, 4) is 11.5 Å². The number of benzene rings is 2. The molecular weight excluding hydrogens is 420 g/mol. The Bertz CT molecular complexity index is 990. The first kappa shape index (κ1) is 23.2. The number of nitrogens with one attached hydrogen (secondary N) is 1. The quantitative estimate of drug-likeness (QED) is 0.420. The van der Waals surface area contributed by atoms with Crippen LogP contribution in [0.2, 0.25) is 0 Å². The average Bonchev–Trinajstić information content (AvgIpc) is 2.85. The van der Waals surface area contributed by atoms with Crippen LogP contribution in [0.25, 0.3) is 0 Å². The molecule has 0 bridgehead atoms. The molecule has 4 nitrogen and oxygen atoms in total. The second kappa shape index (κ2) is 10.4. The number of quaternary nitrogens is 1. The van der Waals surface area contributed by atoms with Crippen LogP contribution in [0.5, 0.6) is 11.5 Å². The summed E-state index contributed by atoms with van der Waals surface area (Å²) in [5.74, 6) is 1.37. The summed E-state index contributed by atoms with van der Waals surface area (Å²) in [6.07, 6.45) is 12.7. The Hall–Kier alpha value is -2.59. The highest BCUT2D eigenvalue weighted by Crippen LogP contribution is 2.44. The molecule has 2 aromatic carbocycles. The number of rotatable bonds is 5. The van der Waals surface area contributed by atoms with E-state index < -0.39 is 0 Å². The summed E-state index contributed by atoms with van der Waals surface area (Å²) in [7, 11) is 0. The lowest BCUT2D eigenvalue weighted by atomic mass is 9.86. The molecule has 1 N–H and O–H groups in total. The number of likely N-dealkylation sites (N-methyl/N-ethyl adjacent to an activating group) is 1. The molecule has 0 atom stereocenters. The third-order valence-electron chi connectivity index (χ3n) is 8.29. The normalized spacial score (nSPS) is 25.1. The third-order valence-corrected chi connectivity index (χ3v) is 8.29. The van der Waals surface area contributed by atoms with Gasteiger partial charge in [-0.1, -0.05) is 55.3 Å². The van der Waals surface area contributed by atoms with Crippen LogP contribution in [-0.2, 0) is 4.79 Å². The van der Waals surface area contributed by atoms with Crippen molar-refractivity contribution in [2.24, 2.45) is 0 Å². The number of para-hydroxylation sites is 2. The van der Waals surface area contributed by atoms with Crippen molar-refractivity contribution in [2.45, 2.75) is 70.3 Å². The molecule has 1 amide bonds. The first-order valence-corrected chi connectivity index (χ1v) is 13.4. The number of carbonyl (C=O) groups excluding carboxylic acids is 1. The van der Waals surface area contributed by atoms with Gasteiger partial charge in [-0.2, -0.15) is 0 Å². The van der Waals surface area contributed by atoms with Gasteiger partial charge in [0.1, 0.15) is 18.0 Å². The second-order valence-corrected chi connectivity index (χ2v) is 10.5. The molecule has 3 aliphatic rings. The SMILES string of the molecule is CC[N+]1(CC2=CCCCCCC2)CCC(NC(=O)C2c3ccccc3Oc3ccccc32)CC1. The van der Waals surface area contributed by atoms with Crippen LogP contribution in [-0.4, -0.2) is 42.6 Å². The maximum atomic E-state index is 13.6. The second-order valence-electron chi connectivity index (χ2n) is 10.5. The van der Waals surface area contributed by atoms with E-state index in [0.29, 0.717) is 0 Å². The summed E-state index contributed by atoms with van der Waals surface area (Å²) >= 11 is 0. The fourth-order valence-electron chi connectivity index (χ4n) is 6.16. The first-order chi connectivity index (χ1) is 16.7. The zero-order chi connectivity index (χ0) is 23.4. The molecule has 0 unspecified atom stereocenters. The van der Waals surface area contributed by atoms with Crippen LogP contribution in [0.1, 0.15) is 75.3 Å². The van der Waals surface area contributed by atoms with Gasteiger partial charge in [-0.25, -0.2) is 0 Å². The molecule has 2 heterocycles. The van der Waals surface area contributed by atoms with Crippen LogP contribution in [0, 0.1) is 0 Å². The summed E-state index contributed by atoms with van der Waals surface area (Å²) in [6.45, 7) is 7.04. The number of allylic oxidation sites excluding steroid dienone is 1.